The van der Waals surface area contributed by atoms with Crippen LogP contribution >= 0.6 is 0 Å². The number of nitrogens with zero attached hydrogens (tertiary/aromatic N) is 5. The van der Waals surface area contributed by atoms with Crippen LogP contribution in [0, 0.1) is 11.8 Å². The number of rotatable bonds is 10. The number of carbonyl (C=O) groups is 3. The number of carbonyl (C=O) groups excluding carboxylic acids is 2. The van der Waals surface area contributed by atoms with E-state index >= 15 is 0 Å². The van der Waals surface area contributed by atoms with Gasteiger partial charge in [-0.15, -0.1) is 0 Å². The molecule has 0 aliphatic carbocycles. The molecular weight excluding hydrogens is 510 g/mol. The van der Waals surface area contributed by atoms with Crippen LogP contribution < -0.4 is 0 Å². The number of hydrogen-bond donors (Lipinski definition) is 1. The van der Waals surface area contributed by atoms with Crippen LogP contribution in [0.15, 0.2) is 6.20 Å². The van der Waals surface area contributed by atoms with Gasteiger partial charge >= 0.3 is 6.09 Å². The van der Waals surface area contributed by atoms with Gasteiger partial charge in [0.15, 0.2) is 0 Å². The number of morpholine rings is 1. The Morgan fingerprint density at radius 1 is 1.10 bits per heavy atom. The molecule has 10 nitrogen and oxygen atoms in total. The number of amides is 3. The molecule has 3 amide bonds. The lowest BCUT2D eigenvalue weighted by molar-refractivity contribution is -0.142. The highest BCUT2D eigenvalue weighted by molar-refractivity contribution is 5.95. The number of carboxylic acid groups (broad SMARTS) is 1. The molecule has 224 valence electrons. The quantitative estimate of drug-likeness (QED) is 0.427. The van der Waals surface area contributed by atoms with Gasteiger partial charge < -0.3 is 24.5 Å². The monoisotopic (exact) mass is 559 g/mol. The van der Waals surface area contributed by atoms with Crippen molar-refractivity contribution >= 4 is 17.9 Å². The number of piperidine rings is 1. The minimum Gasteiger partial charge on any atom is -0.465 e. The molecule has 1 N–H and O–H groups in total. The van der Waals surface area contributed by atoms with E-state index in [1.54, 1.807) is 16.0 Å². The zero-order valence-electron chi connectivity index (χ0n) is 25.3. The van der Waals surface area contributed by atoms with Crippen LogP contribution in [0.2, 0.25) is 0 Å². The lowest BCUT2D eigenvalue weighted by Crippen LogP contribution is -2.58. The number of aromatic nitrogens is 2. The molecule has 2 atom stereocenters. The average molecular weight is 560 g/mol. The largest absolute Gasteiger partial charge is 0.465 e. The molecule has 2 aliphatic heterocycles. The van der Waals surface area contributed by atoms with Crippen molar-refractivity contribution in [1.29, 1.82) is 0 Å². The Morgan fingerprint density at radius 3 is 2.40 bits per heavy atom. The third kappa shape index (κ3) is 8.38. The van der Waals surface area contributed by atoms with E-state index in [0.29, 0.717) is 57.1 Å². The van der Waals surface area contributed by atoms with Crippen molar-refractivity contribution in [2.75, 3.05) is 45.9 Å². The van der Waals surface area contributed by atoms with Gasteiger partial charge in [-0.05, 0) is 25.2 Å². The van der Waals surface area contributed by atoms with E-state index in [0.717, 1.165) is 31.4 Å². The maximum Gasteiger partial charge on any atom is 0.407 e. The van der Waals surface area contributed by atoms with E-state index in [1.165, 1.54) is 4.90 Å². The van der Waals surface area contributed by atoms with Gasteiger partial charge in [-0.25, -0.2) is 14.8 Å². The zero-order chi connectivity index (χ0) is 29.4. The Bertz CT molecular complexity index is 1020. The molecule has 2 saturated heterocycles. The van der Waals surface area contributed by atoms with Gasteiger partial charge in [-0.3, -0.25) is 9.59 Å². The van der Waals surface area contributed by atoms with Crippen molar-refractivity contribution in [3.05, 3.63) is 23.3 Å². The number of likely N-dealkylation sites (tertiary alicyclic amines) is 1. The summed E-state index contributed by atoms with van der Waals surface area (Å²) in [5.74, 6) is 0.0970. The number of aryl methyl sites for hydroxylation is 1. The summed E-state index contributed by atoms with van der Waals surface area (Å²) in [7, 11) is 0. The van der Waals surface area contributed by atoms with E-state index in [2.05, 4.69) is 32.7 Å². The summed E-state index contributed by atoms with van der Waals surface area (Å²) in [5, 5.41) is 9.93. The molecule has 0 aromatic carbocycles. The molecule has 0 saturated carbocycles. The summed E-state index contributed by atoms with van der Waals surface area (Å²) in [6.07, 6.45) is 5.95. The molecule has 3 rings (SSSR count). The van der Waals surface area contributed by atoms with Gasteiger partial charge in [-0.1, -0.05) is 60.8 Å². The predicted molar refractivity (Wildman–Crippen MR) is 153 cm³/mol. The van der Waals surface area contributed by atoms with E-state index in [4.69, 9.17) is 9.72 Å². The molecule has 2 fully saturated rings. The van der Waals surface area contributed by atoms with Crippen LogP contribution in [0.25, 0.3) is 0 Å². The van der Waals surface area contributed by atoms with Crippen LogP contribution in [0.4, 0.5) is 4.79 Å². The first-order chi connectivity index (χ1) is 18.9. The SMILES string of the molecule is CCCCCCc1nc(C(C)(C)C)ncc1C(=O)N(CC(C)C)[C@H]1C[C@@H](C(=O)N2CCOCC2)CN(C(=O)O)C1. The summed E-state index contributed by atoms with van der Waals surface area (Å²) in [6, 6.07) is -0.426. The van der Waals surface area contributed by atoms with Crippen molar-refractivity contribution in [2.45, 2.75) is 91.5 Å². The van der Waals surface area contributed by atoms with Gasteiger partial charge in [0.25, 0.3) is 5.91 Å². The maximum atomic E-state index is 14.3. The molecule has 0 bridgehead atoms. The van der Waals surface area contributed by atoms with Crippen molar-refractivity contribution in [2.24, 2.45) is 11.8 Å². The molecule has 10 heteroatoms. The summed E-state index contributed by atoms with van der Waals surface area (Å²) >= 11 is 0. The molecule has 0 radical (unpaired) electrons. The Morgan fingerprint density at radius 2 is 1.80 bits per heavy atom. The Kier molecular flexibility index (Phi) is 11.3. The Labute approximate surface area is 239 Å². The van der Waals surface area contributed by atoms with Crippen LogP contribution in [-0.4, -0.2) is 99.7 Å². The fraction of sp³-hybridized carbons (Fsp3) is 0.767. The average Bonchev–Trinajstić information content (AvgIpc) is 2.92. The third-order valence-electron chi connectivity index (χ3n) is 7.67. The minimum absolute atomic E-state index is 0.0642. The second kappa shape index (κ2) is 14.2. The molecule has 2 aliphatic rings. The van der Waals surface area contributed by atoms with Crippen molar-refractivity contribution in [3.8, 4) is 0 Å². The lowest BCUT2D eigenvalue weighted by Gasteiger charge is -2.43. The molecule has 0 unspecified atom stereocenters. The molecule has 0 spiro atoms. The molecule has 1 aromatic rings. The van der Waals surface area contributed by atoms with Crippen molar-refractivity contribution in [3.63, 3.8) is 0 Å². The fourth-order valence-corrected chi connectivity index (χ4v) is 5.49. The summed E-state index contributed by atoms with van der Waals surface area (Å²) in [5.41, 5.74) is 0.978. The lowest BCUT2D eigenvalue weighted by atomic mass is 9.90. The minimum atomic E-state index is -1.07. The highest BCUT2D eigenvalue weighted by atomic mass is 16.5. The second-order valence-corrected chi connectivity index (χ2v) is 12.7. The standard InChI is InChI=1S/C30H49N5O5/c1-7-8-9-10-11-25-24(17-31-28(32-25)30(4,5)6)27(37)35(18-21(2)3)23-16-22(19-34(20-23)29(38)39)26(36)33-12-14-40-15-13-33/h17,21-23H,7-16,18-20H2,1-6H3,(H,38,39)/t22-,23+/m1/s1. The van der Waals surface area contributed by atoms with Crippen LogP contribution in [0.1, 0.15) is 95.5 Å². The highest BCUT2D eigenvalue weighted by Gasteiger charge is 2.40. The first-order valence-electron chi connectivity index (χ1n) is 14.9. The Hall–Kier alpha value is -2.75. The fourth-order valence-electron chi connectivity index (χ4n) is 5.49. The Balaban J connectivity index is 1.94. The van der Waals surface area contributed by atoms with Gasteiger partial charge in [0, 0.05) is 44.3 Å². The van der Waals surface area contributed by atoms with Gasteiger partial charge in [-0.2, -0.15) is 0 Å². The predicted octanol–water partition coefficient (Wildman–Crippen LogP) is 4.22. The zero-order valence-corrected chi connectivity index (χ0v) is 25.3. The second-order valence-electron chi connectivity index (χ2n) is 12.7. The number of unbranched alkanes of at least 4 members (excludes halogenated alkanes) is 3. The summed E-state index contributed by atoms with van der Waals surface area (Å²) < 4.78 is 5.40. The van der Waals surface area contributed by atoms with E-state index in [9.17, 15) is 19.5 Å². The smallest absolute Gasteiger partial charge is 0.407 e. The topological polar surface area (TPSA) is 116 Å². The first kappa shape index (κ1) is 31.8. The van der Waals surface area contributed by atoms with Gasteiger partial charge in [0.05, 0.1) is 36.4 Å². The molecule has 3 heterocycles. The van der Waals surface area contributed by atoms with Crippen LogP contribution in [0.3, 0.4) is 0 Å². The first-order valence-corrected chi connectivity index (χ1v) is 14.9. The van der Waals surface area contributed by atoms with Crippen LogP contribution in [-0.2, 0) is 21.4 Å². The number of ether oxygens (including phenoxy) is 1. The summed E-state index contributed by atoms with van der Waals surface area (Å²) in [6.45, 7) is 15.2. The van der Waals surface area contributed by atoms with Gasteiger partial charge in [0.2, 0.25) is 5.91 Å². The maximum absolute atomic E-state index is 14.3. The highest BCUT2D eigenvalue weighted by Crippen LogP contribution is 2.27. The summed E-state index contributed by atoms with van der Waals surface area (Å²) in [4.78, 5) is 54.2. The molecule has 40 heavy (non-hydrogen) atoms. The normalized spacial score (nSPS) is 20.1. The van der Waals surface area contributed by atoms with E-state index in [-0.39, 0.29) is 36.2 Å². The van der Waals surface area contributed by atoms with Crippen molar-refractivity contribution in [1.82, 2.24) is 24.7 Å². The molecule has 1 aromatic heterocycles. The van der Waals surface area contributed by atoms with Gasteiger partial charge in [0.1, 0.15) is 5.82 Å². The van der Waals surface area contributed by atoms with E-state index in [1.807, 2.05) is 13.8 Å². The van der Waals surface area contributed by atoms with Crippen molar-refractivity contribution < 1.29 is 24.2 Å². The van der Waals surface area contributed by atoms with E-state index < -0.39 is 18.1 Å². The third-order valence-corrected chi connectivity index (χ3v) is 7.67. The number of hydrogen-bond acceptors (Lipinski definition) is 6. The van der Waals surface area contributed by atoms with Crippen LogP contribution in [0.5, 0.6) is 0 Å². The molecular formula is C30H49N5O5.